The van der Waals surface area contributed by atoms with Crippen LogP contribution < -0.4 is 5.73 Å². The zero-order valence-electron chi connectivity index (χ0n) is 35.1. The molecule has 0 aromatic rings. The van der Waals surface area contributed by atoms with E-state index in [1.807, 2.05) is 0 Å². The molecule has 1 fully saturated rings. The summed E-state index contributed by atoms with van der Waals surface area (Å²) in [6.45, 7) is 1.38. The molecule has 1 rings (SSSR count). The molecule has 0 spiro atoms. The topological polar surface area (TPSA) is 329 Å². The number of hydrogen-bond donors (Lipinski definition) is 9. The fraction of sp³-hybridized carbons (Fsp3) is 0.946. The molecule has 10 N–H and O–H groups in total. The number of aliphatic hydroxyl groups is 3. The molecule has 0 aliphatic heterocycles. The summed E-state index contributed by atoms with van der Waals surface area (Å²) in [4.78, 5) is 72.9. The van der Waals surface area contributed by atoms with Gasteiger partial charge < -0.3 is 55.0 Å². The third-order valence-corrected chi connectivity index (χ3v) is 12.0. The van der Waals surface area contributed by atoms with E-state index in [9.17, 15) is 63.1 Å². The molecular formula is C37H74NO19P3. The van der Waals surface area contributed by atoms with Crippen molar-refractivity contribution in [1.29, 1.82) is 0 Å². The predicted molar refractivity (Wildman–Crippen MR) is 219 cm³/mol. The first-order chi connectivity index (χ1) is 28.3. The summed E-state index contributed by atoms with van der Waals surface area (Å²) < 4.78 is 65.2. The minimum absolute atomic E-state index is 0.00673. The number of rotatable bonds is 37. The molecule has 1 saturated carbocycles. The number of phosphoric ester groups is 3. The smallest absolute Gasteiger partial charge is 0.462 e. The standard InChI is InChI=1S/C37H74NO19P3/c1-2-3-4-5-6-7-8-9-10-12-16-19-22-25-31(40)54-29(27-52-30(39)24-21-18-15-13-11-14-17-20-23-26-38)28-53-60(50,51)57-37-33(42)35(55-58(44,45)46)32(41)36(34(37)43)56-59(47,48)49/h29,32-37,41-43H,2-28,38H2,1H3,(H,50,51)(H2,44,45,46)(H2,47,48,49)/t29-,32?,33-,34-,35-,36+,37?/m1/s1. The van der Waals surface area contributed by atoms with Gasteiger partial charge in [0.2, 0.25) is 0 Å². The van der Waals surface area contributed by atoms with Crippen molar-refractivity contribution in [2.75, 3.05) is 19.8 Å². The molecule has 60 heavy (non-hydrogen) atoms. The van der Waals surface area contributed by atoms with Gasteiger partial charge in [-0.3, -0.25) is 27.7 Å². The minimum Gasteiger partial charge on any atom is -0.462 e. The highest BCUT2D eigenvalue weighted by Gasteiger charge is 2.56. The largest absolute Gasteiger partial charge is 0.472 e. The number of hydrogen-bond acceptors (Lipinski definition) is 15. The highest BCUT2D eigenvalue weighted by Crippen LogP contribution is 2.51. The highest BCUT2D eigenvalue weighted by molar-refractivity contribution is 7.47. The second kappa shape index (κ2) is 31.9. The van der Waals surface area contributed by atoms with E-state index in [-0.39, 0.29) is 12.8 Å². The molecule has 0 heterocycles. The average Bonchev–Trinajstić information content (AvgIpc) is 3.16. The zero-order chi connectivity index (χ0) is 45.0. The van der Waals surface area contributed by atoms with Crippen LogP contribution in [0.2, 0.25) is 0 Å². The van der Waals surface area contributed by atoms with Crippen LogP contribution in [0.3, 0.4) is 0 Å². The van der Waals surface area contributed by atoms with E-state index < -0.39 is 91.3 Å². The Labute approximate surface area is 354 Å². The van der Waals surface area contributed by atoms with Gasteiger partial charge in [-0.1, -0.05) is 129 Å². The normalized spacial score (nSPS) is 22.6. The lowest BCUT2D eigenvalue weighted by Gasteiger charge is -2.44. The van der Waals surface area contributed by atoms with Crippen LogP contribution in [0.4, 0.5) is 0 Å². The van der Waals surface area contributed by atoms with Gasteiger partial charge in [0.25, 0.3) is 0 Å². The SMILES string of the molecule is CCCCCCCCCCCCCCCC(=O)O[C@H](COC(=O)CCCCCCCCCCCN)COP(=O)(O)OC1[C@H](O)[C@H](OP(=O)(O)O)C(O)[C@H](OP(=O)(O)O)[C@H]1O. The van der Waals surface area contributed by atoms with Crippen molar-refractivity contribution in [2.45, 2.75) is 204 Å². The summed E-state index contributed by atoms with van der Waals surface area (Å²) >= 11 is 0. The number of esters is 2. The van der Waals surface area contributed by atoms with Crippen LogP contribution in [0, 0.1) is 0 Å². The van der Waals surface area contributed by atoms with E-state index in [4.69, 9.17) is 24.3 Å². The molecule has 1 aliphatic rings. The number of nitrogens with two attached hydrogens (primary N) is 1. The Morgan fingerprint density at radius 3 is 1.25 bits per heavy atom. The molecule has 0 saturated heterocycles. The third kappa shape index (κ3) is 28.0. The first kappa shape index (κ1) is 57.1. The van der Waals surface area contributed by atoms with Gasteiger partial charge in [0.1, 0.15) is 43.2 Å². The quantitative estimate of drug-likeness (QED) is 0.0216. The number of unbranched alkanes of at least 4 members (excludes halogenated alkanes) is 20. The molecule has 0 bridgehead atoms. The highest BCUT2D eigenvalue weighted by atomic mass is 31.2. The second-order valence-corrected chi connectivity index (χ2v) is 19.2. The first-order valence-corrected chi connectivity index (χ1v) is 26.1. The number of phosphoric acid groups is 3. The van der Waals surface area contributed by atoms with Gasteiger partial charge in [0.05, 0.1) is 6.61 Å². The Bertz CT molecular complexity index is 1260. The summed E-state index contributed by atoms with van der Waals surface area (Å²) in [5.74, 6) is -1.32. The maximum Gasteiger partial charge on any atom is 0.472 e. The fourth-order valence-corrected chi connectivity index (χ4v) is 8.88. The van der Waals surface area contributed by atoms with Crippen LogP contribution in [-0.2, 0) is 50.9 Å². The molecule has 0 radical (unpaired) electrons. The molecule has 0 amide bonds. The van der Waals surface area contributed by atoms with Crippen LogP contribution in [-0.4, -0.2) is 114 Å². The Morgan fingerprint density at radius 2 is 0.867 bits per heavy atom. The number of carbonyl (C=O) groups excluding carboxylic acids is 2. The molecular weight excluding hydrogens is 855 g/mol. The van der Waals surface area contributed by atoms with Crippen molar-refractivity contribution >= 4 is 35.4 Å². The molecule has 0 aromatic heterocycles. The van der Waals surface area contributed by atoms with Gasteiger partial charge in [-0.15, -0.1) is 0 Å². The third-order valence-electron chi connectivity index (χ3n) is 10.0. The van der Waals surface area contributed by atoms with Crippen LogP contribution in [0.1, 0.15) is 161 Å². The maximum absolute atomic E-state index is 13.1. The summed E-state index contributed by atoms with van der Waals surface area (Å²) in [7, 11) is -16.6. The summed E-state index contributed by atoms with van der Waals surface area (Å²) in [5, 5.41) is 31.7. The number of ether oxygens (including phenoxy) is 2. The monoisotopic (exact) mass is 929 g/mol. The molecule has 23 heteroatoms. The average molecular weight is 930 g/mol. The molecule has 356 valence electrons. The van der Waals surface area contributed by atoms with Crippen molar-refractivity contribution in [3.05, 3.63) is 0 Å². The predicted octanol–water partition coefficient (Wildman–Crippen LogP) is 5.34. The van der Waals surface area contributed by atoms with Crippen molar-refractivity contribution in [3.8, 4) is 0 Å². The van der Waals surface area contributed by atoms with Gasteiger partial charge in [-0.25, -0.2) is 13.7 Å². The van der Waals surface area contributed by atoms with E-state index in [0.717, 1.165) is 83.5 Å². The van der Waals surface area contributed by atoms with E-state index >= 15 is 0 Å². The lowest BCUT2D eigenvalue weighted by Crippen LogP contribution is -2.65. The molecule has 20 nitrogen and oxygen atoms in total. The summed E-state index contributed by atoms with van der Waals surface area (Å²) in [6.07, 6.45) is 6.72. The zero-order valence-corrected chi connectivity index (χ0v) is 37.8. The lowest BCUT2D eigenvalue weighted by molar-refractivity contribution is -0.213. The summed E-state index contributed by atoms with van der Waals surface area (Å²) in [6, 6.07) is 0. The second-order valence-electron chi connectivity index (χ2n) is 15.4. The first-order valence-electron chi connectivity index (χ1n) is 21.5. The lowest BCUT2D eigenvalue weighted by atomic mass is 9.85. The van der Waals surface area contributed by atoms with E-state index in [2.05, 4.69) is 16.0 Å². The van der Waals surface area contributed by atoms with E-state index in [1.165, 1.54) is 44.9 Å². The van der Waals surface area contributed by atoms with Crippen molar-refractivity contribution < 1.29 is 90.6 Å². The minimum atomic E-state index is -5.54. The van der Waals surface area contributed by atoms with Crippen LogP contribution in [0.25, 0.3) is 0 Å². The van der Waals surface area contributed by atoms with Gasteiger partial charge in [0, 0.05) is 12.8 Å². The molecule has 1 aliphatic carbocycles. The van der Waals surface area contributed by atoms with E-state index in [0.29, 0.717) is 19.4 Å². The van der Waals surface area contributed by atoms with Gasteiger partial charge in [-0.05, 0) is 25.8 Å². The Morgan fingerprint density at radius 1 is 0.517 bits per heavy atom. The van der Waals surface area contributed by atoms with Crippen molar-refractivity contribution in [2.24, 2.45) is 5.73 Å². The van der Waals surface area contributed by atoms with Crippen molar-refractivity contribution in [1.82, 2.24) is 0 Å². The van der Waals surface area contributed by atoms with Gasteiger partial charge >= 0.3 is 35.4 Å². The number of carbonyl (C=O) groups is 2. The Hall–Kier alpha value is -0.890. The molecule has 8 atom stereocenters. The van der Waals surface area contributed by atoms with E-state index in [1.54, 1.807) is 0 Å². The Balaban J connectivity index is 2.81. The van der Waals surface area contributed by atoms with Gasteiger partial charge in [0.15, 0.2) is 6.10 Å². The van der Waals surface area contributed by atoms with Gasteiger partial charge in [-0.2, -0.15) is 0 Å². The van der Waals surface area contributed by atoms with Crippen LogP contribution >= 0.6 is 23.5 Å². The molecule has 3 unspecified atom stereocenters. The Kier molecular flexibility index (Phi) is 30.3. The summed E-state index contributed by atoms with van der Waals surface area (Å²) in [5.41, 5.74) is 5.52. The van der Waals surface area contributed by atoms with Crippen molar-refractivity contribution in [3.63, 3.8) is 0 Å². The fourth-order valence-electron chi connectivity index (χ4n) is 6.78. The van der Waals surface area contributed by atoms with Crippen LogP contribution in [0.5, 0.6) is 0 Å². The maximum atomic E-state index is 13.1. The molecule has 0 aromatic carbocycles. The van der Waals surface area contributed by atoms with Crippen LogP contribution in [0.15, 0.2) is 0 Å². The number of aliphatic hydroxyl groups excluding tert-OH is 3.